The van der Waals surface area contributed by atoms with Crippen LogP contribution < -0.4 is 4.74 Å². The van der Waals surface area contributed by atoms with Crippen LogP contribution in [0.4, 0.5) is 0 Å². The van der Waals surface area contributed by atoms with Crippen molar-refractivity contribution in [3.8, 4) is 16.3 Å². The summed E-state index contributed by atoms with van der Waals surface area (Å²) in [6, 6.07) is 17.0. The number of methoxy groups -OCH3 is 1. The normalized spacial score (nSPS) is 14.6. The molecule has 3 aromatic rings. The molecule has 5 nitrogen and oxygen atoms in total. The molecule has 0 unspecified atom stereocenters. The minimum Gasteiger partial charge on any atom is -0.497 e. The Morgan fingerprint density at radius 1 is 1.03 bits per heavy atom. The first kappa shape index (κ1) is 19.3. The topological polar surface area (TPSA) is 59.5 Å². The molecule has 2 heterocycles. The van der Waals surface area contributed by atoms with Crippen LogP contribution in [0.1, 0.15) is 33.7 Å². The molecule has 0 aliphatic carbocycles. The lowest BCUT2D eigenvalue weighted by Crippen LogP contribution is -2.40. The summed E-state index contributed by atoms with van der Waals surface area (Å²) in [5.74, 6) is 0.876. The molecule has 1 aliphatic heterocycles. The maximum atomic E-state index is 12.9. The third-order valence-corrected chi connectivity index (χ3v) is 6.16. The van der Waals surface area contributed by atoms with Gasteiger partial charge in [-0.3, -0.25) is 9.59 Å². The number of piperidine rings is 1. The van der Waals surface area contributed by atoms with Gasteiger partial charge < -0.3 is 9.64 Å². The van der Waals surface area contributed by atoms with E-state index >= 15 is 0 Å². The van der Waals surface area contributed by atoms with Crippen LogP contribution in [0.3, 0.4) is 0 Å². The standard InChI is InChI=1S/C23H22N2O3S/c1-28-19-9-7-18(8-10-19)22-24-20(15-29-22)23(27)25-13-11-17(12-14-25)21(26)16-5-3-2-4-6-16/h2-10,15,17H,11-14H2,1H3. The van der Waals surface area contributed by atoms with Crippen LogP contribution in [0, 0.1) is 5.92 Å². The van der Waals surface area contributed by atoms with Crippen LogP contribution in [0.2, 0.25) is 0 Å². The molecule has 0 bridgehead atoms. The Morgan fingerprint density at radius 3 is 2.38 bits per heavy atom. The molecule has 29 heavy (non-hydrogen) atoms. The number of benzene rings is 2. The van der Waals surface area contributed by atoms with Crippen molar-refractivity contribution in [3.05, 3.63) is 71.2 Å². The minimum absolute atomic E-state index is 0.0215. The number of ketones is 1. The van der Waals surface area contributed by atoms with E-state index in [9.17, 15) is 9.59 Å². The predicted molar refractivity (Wildman–Crippen MR) is 114 cm³/mol. The van der Waals surface area contributed by atoms with Gasteiger partial charge in [0.2, 0.25) is 0 Å². The van der Waals surface area contributed by atoms with Crippen molar-refractivity contribution in [1.82, 2.24) is 9.88 Å². The van der Waals surface area contributed by atoms with Crippen LogP contribution in [0.25, 0.3) is 10.6 Å². The fourth-order valence-electron chi connectivity index (χ4n) is 3.58. The van der Waals surface area contributed by atoms with E-state index in [1.807, 2.05) is 64.9 Å². The minimum atomic E-state index is -0.0633. The molecule has 1 amide bonds. The lowest BCUT2D eigenvalue weighted by molar-refractivity contribution is 0.0646. The number of likely N-dealkylation sites (tertiary alicyclic amines) is 1. The van der Waals surface area contributed by atoms with Gasteiger partial charge in [0.1, 0.15) is 16.5 Å². The van der Waals surface area contributed by atoms with Crippen LogP contribution >= 0.6 is 11.3 Å². The number of rotatable bonds is 5. The smallest absolute Gasteiger partial charge is 0.273 e. The molecule has 0 spiro atoms. The average molecular weight is 407 g/mol. The van der Waals surface area contributed by atoms with E-state index in [1.165, 1.54) is 11.3 Å². The lowest BCUT2D eigenvalue weighted by Gasteiger charge is -2.30. The van der Waals surface area contributed by atoms with E-state index in [0.717, 1.165) is 21.9 Å². The third kappa shape index (κ3) is 4.22. The Kier molecular flexibility index (Phi) is 5.71. The van der Waals surface area contributed by atoms with Crippen LogP contribution in [-0.4, -0.2) is 41.8 Å². The molecule has 0 atom stereocenters. The summed E-state index contributed by atoms with van der Waals surface area (Å²) in [7, 11) is 1.63. The highest BCUT2D eigenvalue weighted by Crippen LogP contribution is 2.27. The summed E-state index contributed by atoms with van der Waals surface area (Å²) in [6.45, 7) is 1.16. The molecule has 1 fully saturated rings. The first-order valence-corrected chi connectivity index (χ1v) is 10.5. The van der Waals surface area contributed by atoms with E-state index in [1.54, 1.807) is 7.11 Å². The summed E-state index contributed by atoms with van der Waals surface area (Å²) in [4.78, 5) is 31.8. The van der Waals surface area contributed by atoms with Crippen LogP contribution in [0.15, 0.2) is 60.0 Å². The number of thiazole rings is 1. The summed E-state index contributed by atoms with van der Waals surface area (Å²) in [6.07, 6.45) is 1.38. The largest absolute Gasteiger partial charge is 0.497 e. The number of hydrogen-bond acceptors (Lipinski definition) is 5. The Hall–Kier alpha value is -2.99. The molecule has 0 radical (unpaired) electrons. The van der Waals surface area contributed by atoms with Gasteiger partial charge in [-0.15, -0.1) is 11.3 Å². The third-order valence-electron chi connectivity index (χ3n) is 5.27. The van der Waals surface area contributed by atoms with Crippen molar-refractivity contribution in [1.29, 1.82) is 0 Å². The van der Waals surface area contributed by atoms with Gasteiger partial charge in [-0.2, -0.15) is 0 Å². The Labute approximate surface area is 174 Å². The summed E-state index contributed by atoms with van der Waals surface area (Å²) < 4.78 is 5.18. The lowest BCUT2D eigenvalue weighted by atomic mass is 9.89. The van der Waals surface area contributed by atoms with Crippen LogP contribution in [-0.2, 0) is 0 Å². The molecule has 1 aromatic heterocycles. The Bertz CT molecular complexity index is 990. The van der Waals surface area contributed by atoms with Gasteiger partial charge in [-0.1, -0.05) is 30.3 Å². The van der Waals surface area contributed by atoms with Crippen molar-refractivity contribution in [2.75, 3.05) is 20.2 Å². The van der Waals surface area contributed by atoms with Gasteiger partial charge in [0.15, 0.2) is 5.78 Å². The fraction of sp³-hybridized carbons (Fsp3) is 0.261. The highest BCUT2D eigenvalue weighted by atomic mass is 32.1. The van der Waals surface area contributed by atoms with Gasteiger partial charge >= 0.3 is 0 Å². The molecule has 0 N–H and O–H groups in total. The molecule has 1 aliphatic rings. The van der Waals surface area contributed by atoms with E-state index in [0.29, 0.717) is 31.6 Å². The van der Waals surface area contributed by atoms with Crippen molar-refractivity contribution in [3.63, 3.8) is 0 Å². The van der Waals surface area contributed by atoms with Crippen molar-refractivity contribution in [2.24, 2.45) is 5.92 Å². The number of carbonyl (C=O) groups excluding carboxylic acids is 2. The monoisotopic (exact) mass is 406 g/mol. The quantitative estimate of drug-likeness (QED) is 0.583. The maximum absolute atomic E-state index is 12.9. The van der Waals surface area contributed by atoms with Gasteiger partial charge in [0.25, 0.3) is 5.91 Å². The number of amides is 1. The second kappa shape index (κ2) is 8.57. The zero-order chi connectivity index (χ0) is 20.2. The van der Waals surface area contributed by atoms with Crippen LogP contribution in [0.5, 0.6) is 5.75 Å². The van der Waals surface area contributed by atoms with E-state index in [-0.39, 0.29) is 17.6 Å². The second-order valence-electron chi connectivity index (χ2n) is 7.06. The zero-order valence-electron chi connectivity index (χ0n) is 16.2. The van der Waals surface area contributed by atoms with Gasteiger partial charge in [0, 0.05) is 35.5 Å². The highest BCUT2D eigenvalue weighted by Gasteiger charge is 2.29. The molecule has 4 rings (SSSR count). The number of nitrogens with zero attached hydrogens (tertiary/aromatic N) is 2. The second-order valence-corrected chi connectivity index (χ2v) is 7.92. The van der Waals surface area contributed by atoms with Gasteiger partial charge in [-0.25, -0.2) is 4.98 Å². The van der Waals surface area contributed by atoms with Crippen molar-refractivity contribution < 1.29 is 14.3 Å². The molecule has 6 heteroatoms. The molecule has 0 saturated carbocycles. The van der Waals surface area contributed by atoms with Crippen molar-refractivity contribution in [2.45, 2.75) is 12.8 Å². The first-order valence-electron chi connectivity index (χ1n) is 9.64. The molecule has 2 aromatic carbocycles. The number of hydrogen-bond donors (Lipinski definition) is 0. The summed E-state index contributed by atoms with van der Waals surface area (Å²) in [5.41, 5.74) is 2.18. The fourth-order valence-corrected chi connectivity index (χ4v) is 4.38. The molecule has 148 valence electrons. The summed E-state index contributed by atoms with van der Waals surface area (Å²) in [5, 5.41) is 2.62. The van der Waals surface area contributed by atoms with E-state index < -0.39 is 0 Å². The average Bonchev–Trinajstić information content (AvgIpc) is 3.29. The van der Waals surface area contributed by atoms with E-state index in [4.69, 9.17) is 4.74 Å². The first-order chi connectivity index (χ1) is 14.2. The molecular weight excluding hydrogens is 384 g/mol. The van der Waals surface area contributed by atoms with E-state index in [2.05, 4.69) is 4.98 Å². The zero-order valence-corrected chi connectivity index (χ0v) is 17.0. The Balaban J connectivity index is 1.38. The van der Waals surface area contributed by atoms with Gasteiger partial charge in [0.05, 0.1) is 7.11 Å². The van der Waals surface area contributed by atoms with Gasteiger partial charge in [-0.05, 0) is 37.1 Å². The predicted octanol–water partition coefficient (Wildman–Crippen LogP) is 4.55. The SMILES string of the molecule is COc1ccc(-c2nc(C(=O)N3CCC(C(=O)c4ccccc4)CC3)cs2)cc1. The van der Waals surface area contributed by atoms with Crippen molar-refractivity contribution >= 4 is 23.0 Å². The number of Topliss-reactive ketones (excluding diaryl/α,β-unsaturated/α-hetero) is 1. The Morgan fingerprint density at radius 2 is 1.72 bits per heavy atom. The number of ether oxygens (including phenoxy) is 1. The highest BCUT2D eigenvalue weighted by molar-refractivity contribution is 7.13. The molecule has 1 saturated heterocycles. The number of aromatic nitrogens is 1. The summed E-state index contributed by atoms with van der Waals surface area (Å²) >= 11 is 1.46. The number of carbonyl (C=O) groups is 2. The molecular formula is C23H22N2O3S. The maximum Gasteiger partial charge on any atom is 0.273 e.